The number of rotatable bonds is 3. The molecule has 0 unspecified atom stereocenters. The Balaban J connectivity index is 1.01. The summed E-state index contributed by atoms with van der Waals surface area (Å²) in [4.78, 5) is 0. The van der Waals surface area contributed by atoms with Gasteiger partial charge in [-0.25, -0.2) is 0 Å². The molecule has 0 amide bonds. The highest BCUT2D eigenvalue weighted by atomic mass is 32.1. The summed E-state index contributed by atoms with van der Waals surface area (Å²) in [6, 6.07) is 60.8. The molecule has 0 bridgehead atoms. The molecule has 0 saturated carbocycles. The summed E-state index contributed by atoms with van der Waals surface area (Å²) in [7, 11) is 0. The van der Waals surface area contributed by atoms with Crippen LogP contribution in [0.1, 0.15) is 11.1 Å². The van der Waals surface area contributed by atoms with Crippen LogP contribution in [0.3, 0.4) is 0 Å². The zero-order valence-corrected chi connectivity index (χ0v) is 31.2. The van der Waals surface area contributed by atoms with Gasteiger partial charge < -0.3 is 9.13 Å². The number of nitriles is 2. The average molecular weight is 747 g/mol. The van der Waals surface area contributed by atoms with Crippen LogP contribution in [0.25, 0.3) is 106 Å². The molecule has 8 aromatic carbocycles. The van der Waals surface area contributed by atoms with E-state index in [1.54, 1.807) is 0 Å². The minimum absolute atomic E-state index is 0.653. The van der Waals surface area contributed by atoms with Gasteiger partial charge >= 0.3 is 0 Å². The molecule has 258 valence electrons. The number of nitrogens with zero attached hydrogens (tertiary/aromatic N) is 4. The zero-order chi connectivity index (χ0) is 37.1. The lowest BCUT2D eigenvalue weighted by Crippen LogP contribution is -1.93. The first-order chi connectivity index (χ1) is 27.6. The van der Waals surface area contributed by atoms with Gasteiger partial charge in [-0.05, 0) is 108 Å². The highest BCUT2D eigenvalue weighted by Gasteiger charge is 2.17. The molecule has 4 heterocycles. The molecule has 0 fully saturated rings. The second kappa shape index (κ2) is 11.6. The molecule has 4 aromatic heterocycles. The van der Waals surface area contributed by atoms with Crippen molar-refractivity contribution in [1.82, 2.24) is 9.13 Å². The van der Waals surface area contributed by atoms with E-state index in [0.717, 1.165) is 44.2 Å². The van der Waals surface area contributed by atoms with E-state index in [0.29, 0.717) is 11.1 Å². The molecule has 0 aliphatic carbocycles. The van der Waals surface area contributed by atoms with Crippen LogP contribution in [0.2, 0.25) is 0 Å². The summed E-state index contributed by atoms with van der Waals surface area (Å²) in [5.74, 6) is 0. The molecule has 0 aliphatic heterocycles. The fraction of sp³-hybridized carbons (Fsp3) is 0. The van der Waals surface area contributed by atoms with Gasteiger partial charge in [0.05, 0.1) is 45.3 Å². The quantitative estimate of drug-likeness (QED) is 0.181. The van der Waals surface area contributed by atoms with E-state index in [1.807, 2.05) is 46.9 Å². The molecular weight excluding hydrogens is 721 g/mol. The minimum Gasteiger partial charge on any atom is -0.309 e. The van der Waals surface area contributed by atoms with Crippen molar-refractivity contribution in [2.45, 2.75) is 0 Å². The minimum atomic E-state index is 0.653. The van der Waals surface area contributed by atoms with Crippen molar-refractivity contribution in [3.05, 3.63) is 169 Å². The topological polar surface area (TPSA) is 57.4 Å². The van der Waals surface area contributed by atoms with Crippen LogP contribution >= 0.6 is 22.7 Å². The molecule has 0 atom stereocenters. The lowest BCUT2D eigenvalue weighted by Gasteiger charge is -2.09. The van der Waals surface area contributed by atoms with Gasteiger partial charge in [0.15, 0.2) is 0 Å². The Labute approximate surface area is 328 Å². The Kier molecular flexibility index (Phi) is 6.48. The maximum atomic E-state index is 9.75. The highest BCUT2D eigenvalue weighted by molar-refractivity contribution is 7.26. The van der Waals surface area contributed by atoms with Crippen LogP contribution < -0.4 is 0 Å². The highest BCUT2D eigenvalue weighted by Crippen LogP contribution is 2.42. The van der Waals surface area contributed by atoms with Crippen LogP contribution in [0, 0.1) is 22.7 Å². The van der Waals surface area contributed by atoms with Crippen LogP contribution in [-0.2, 0) is 0 Å². The Bertz CT molecular complexity index is 3500. The van der Waals surface area contributed by atoms with E-state index < -0.39 is 0 Å². The van der Waals surface area contributed by atoms with Gasteiger partial charge in [0, 0.05) is 73.3 Å². The summed E-state index contributed by atoms with van der Waals surface area (Å²) in [6.07, 6.45) is 0. The summed E-state index contributed by atoms with van der Waals surface area (Å²) < 4.78 is 9.60. The smallest absolute Gasteiger partial charge is 0.0992 e. The standard InChI is InChI=1S/C50H26N4S2/c51-27-29-9-15-37-35-5-1-3-7-43(35)53(45(37)21-29)33-13-19-49-41(25-33)39-23-31(11-17-47(39)55-49)32-12-18-48-40(24-32)42-26-34(14-20-50(42)56-48)54-44-8-4-2-6-36(44)38-16-10-30(28-52)22-46(38)54/h1-26H. The van der Waals surface area contributed by atoms with Crippen LogP contribution in [0.4, 0.5) is 0 Å². The van der Waals surface area contributed by atoms with E-state index in [2.05, 4.69) is 155 Å². The number of para-hydroxylation sites is 2. The van der Waals surface area contributed by atoms with Gasteiger partial charge in [0.2, 0.25) is 0 Å². The van der Waals surface area contributed by atoms with Crippen molar-refractivity contribution in [2.75, 3.05) is 0 Å². The first kappa shape index (κ1) is 31.2. The molecule has 56 heavy (non-hydrogen) atoms. The normalized spacial score (nSPS) is 11.9. The first-order valence-corrected chi connectivity index (χ1v) is 20.1. The number of thiophene rings is 2. The van der Waals surface area contributed by atoms with E-state index in [-0.39, 0.29) is 0 Å². The second-order valence-electron chi connectivity index (χ2n) is 14.4. The molecule has 12 rings (SSSR count). The molecule has 6 heteroatoms. The lowest BCUT2D eigenvalue weighted by atomic mass is 10.0. The largest absolute Gasteiger partial charge is 0.309 e. The number of aromatic nitrogens is 2. The third kappa shape index (κ3) is 4.43. The maximum absolute atomic E-state index is 9.75. The van der Waals surface area contributed by atoms with Gasteiger partial charge in [0.25, 0.3) is 0 Å². The van der Waals surface area contributed by atoms with Crippen LogP contribution in [0.15, 0.2) is 158 Å². The predicted octanol–water partition coefficient (Wildman–Crippen LogP) is 14.0. The van der Waals surface area contributed by atoms with Gasteiger partial charge in [0.1, 0.15) is 0 Å². The summed E-state index contributed by atoms with van der Waals surface area (Å²) in [5.41, 5.74) is 10.2. The number of benzene rings is 8. The zero-order valence-electron chi connectivity index (χ0n) is 29.6. The number of hydrogen-bond acceptors (Lipinski definition) is 4. The summed E-state index contributed by atoms with van der Waals surface area (Å²) in [6.45, 7) is 0. The van der Waals surface area contributed by atoms with Crippen molar-refractivity contribution in [1.29, 1.82) is 10.5 Å². The molecule has 0 saturated heterocycles. The number of hydrogen-bond donors (Lipinski definition) is 0. The average Bonchev–Trinajstić information content (AvgIpc) is 3.99. The van der Waals surface area contributed by atoms with E-state index >= 15 is 0 Å². The van der Waals surface area contributed by atoms with Crippen LogP contribution in [0.5, 0.6) is 0 Å². The van der Waals surface area contributed by atoms with Gasteiger partial charge in [-0.3, -0.25) is 0 Å². The molecule has 0 spiro atoms. The lowest BCUT2D eigenvalue weighted by molar-refractivity contribution is 1.19. The molecule has 4 nitrogen and oxygen atoms in total. The van der Waals surface area contributed by atoms with E-state index in [1.165, 1.54) is 62.2 Å². The molecule has 0 radical (unpaired) electrons. The van der Waals surface area contributed by atoms with Gasteiger partial charge in [-0.15, -0.1) is 22.7 Å². The van der Waals surface area contributed by atoms with E-state index in [4.69, 9.17) is 0 Å². The Morgan fingerprint density at radius 2 is 0.732 bits per heavy atom. The fourth-order valence-corrected chi connectivity index (χ4v) is 10.9. The van der Waals surface area contributed by atoms with Crippen molar-refractivity contribution in [3.8, 4) is 34.6 Å². The summed E-state index contributed by atoms with van der Waals surface area (Å²) >= 11 is 3.65. The van der Waals surface area contributed by atoms with E-state index in [9.17, 15) is 10.5 Å². The monoisotopic (exact) mass is 746 g/mol. The van der Waals surface area contributed by atoms with Crippen LogP contribution in [-0.4, -0.2) is 9.13 Å². The molecule has 0 N–H and O–H groups in total. The third-order valence-corrected chi connectivity index (χ3v) is 13.7. The second-order valence-corrected chi connectivity index (χ2v) is 16.5. The molecule has 12 aromatic rings. The van der Waals surface area contributed by atoms with Crippen molar-refractivity contribution in [3.63, 3.8) is 0 Å². The van der Waals surface area contributed by atoms with Crippen molar-refractivity contribution < 1.29 is 0 Å². The maximum Gasteiger partial charge on any atom is 0.0992 e. The Hall–Kier alpha value is -7.22. The third-order valence-electron chi connectivity index (χ3n) is 11.4. The Morgan fingerprint density at radius 1 is 0.339 bits per heavy atom. The summed E-state index contributed by atoms with van der Waals surface area (Å²) in [5, 5.41) is 29.1. The molecular formula is C50H26N4S2. The Morgan fingerprint density at radius 3 is 1.18 bits per heavy atom. The van der Waals surface area contributed by atoms with Crippen molar-refractivity contribution in [2.24, 2.45) is 0 Å². The van der Waals surface area contributed by atoms with Crippen molar-refractivity contribution >= 4 is 107 Å². The molecule has 0 aliphatic rings. The fourth-order valence-electron chi connectivity index (χ4n) is 8.80. The SMILES string of the molecule is N#Cc1ccc2c3ccccc3n(-c3ccc4sc5ccc(-c6ccc7sc8ccc(-n9c%10ccccc%10c%10ccc(C#N)cc%109)cc8c7c6)cc5c4c3)c2c1. The number of fused-ring (bicyclic) bond motifs is 12. The first-order valence-electron chi connectivity index (χ1n) is 18.4. The van der Waals surface area contributed by atoms with Gasteiger partial charge in [-0.1, -0.05) is 60.7 Å². The van der Waals surface area contributed by atoms with Gasteiger partial charge in [-0.2, -0.15) is 10.5 Å². The predicted molar refractivity (Wildman–Crippen MR) is 236 cm³/mol.